The van der Waals surface area contributed by atoms with Gasteiger partial charge in [0.2, 0.25) is 0 Å². The molecular weight excluding hydrogens is 346 g/mol. The van der Waals surface area contributed by atoms with E-state index < -0.39 is 11.7 Å². The summed E-state index contributed by atoms with van der Waals surface area (Å²) in [6.45, 7) is 5.16. The number of para-hydroxylation sites is 2. The molecule has 0 radical (unpaired) electrons. The summed E-state index contributed by atoms with van der Waals surface area (Å²) in [5.41, 5.74) is -0.824. The van der Waals surface area contributed by atoms with Crippen LogP contribution >= 0.6 is 0 Å². The Labute approximate surface area is 159 Å². The molecule has 27 heavy (non-hydrogen) atoms. The van der Waals surface area contributed by atoms with Crippen molar-refractivity contribution in [1.29, 1.82) is 0 Å². The summed E-state index contributed by atoms with van der Waals surface area (Å²) in [5, 5.41) is 10.9. The van der Waals surface area contributed by atoms with Crippen molar-refractivity contribution in [3.8, 4) is 11.5 Å². The minimum Gasteiger partial charge on any atom is -0.493 e. The van der Waals surface area contributed by atoms with E-state index >= 15 is 0 Å². The van der Waals surface area contributed by atoms with Crippen LogP contribution in [0, 0.1) is 6.92 Å². The van der Waals surface area contributed by atoms with Crippen LogP contribution in [-0.4, -0.2) is 57.4 Å². The van der Waals surface area contributed by atoms with Crippen molar-refractivity contribution in [2.45, 2.75) is 44.9 Å². The van der Waals surface area contributed by atoms with Gasteiger partial charge in [-0.25, -0.2) is 4.98 Å². The van der Waals surface area contributed by atoms with E-state index in [1.165, 1.54) is 0 Å². The van der Waals surface area contributed by atoms with Crippen molar-refractivity contribution < 1.29 is 19.4 Å². The fourth-order valence-corrected chi connectivity index (χ4v) is 3.40. The average Bonchev–Trinajstić information content (AvgIpc) is 3.06. The molecule has 2 aromatic rings. The first-order valence-electron chi connectivity index (χ1n) is 9.20. The minimum atomic E-state index is -0.824. The van der Waals surface area contributed by atoms with Crippen LogP contribution < -0.4 is 9.47 Å². The third-order valence-electron chi connectivity index (χ3n) is 5.11. The minimum absolute atomic E-state index is 0.0817. The van der Waals surface area contributed by atoms with Gasteiger partial charge in [0.1, 0.15) is 5.82 Å². The molecule has 3 rings (SSSR count). The van der Waals surface area contributed by atoms with Gasteiger partial charge in [0.15, 0.2) is 17.6 Å². The summed E-state index contributed by atoms with van der Waals surface area (Å²) in [5.74, 6) is 1.94. The molecule has 1 aliphatic heterocycles. The van der Waals surface area contributed by atoms with E-state index in [4.69, 9.17) is 9.47 Å². The summed E-state index contributed by atoms with van der Waals surface area (Å²) in [4.78, 5) is 18.7. The zero-order chi connectivity index (χ0) is 19.4. The zero-order valence-electron chi connectivity index (χ0n) is 16.1. The highest BCUT2D eigenvalue weighted by Gasteiger charge is 2.36. The Bertz CT molecular complexity index is 781. The molecule has 1 aliphatic rings. The Balaban J connectivity index is 1.57. The van der Waals surface area contributed by atoms with Gasteiger partial charge in [-0.1, -0.05) is 12.1 Å². The number of imidazole rings is 1. The van der Waals surface area contributed by atoms with Gasteiger partial charge in [0.25, 0.3) is 5.91 Å². The Morgan fingerprint density at radius 3 is 2.56 bits per heavy atom. The third kappa shape index (κ3) is 4.42. The summed E-state index contributed by atoms with van der Waals surface area (Å²) >= 11 is 0. The van der Waals surface area contributed by atoms with E-state index in [1.807, 2.05) is 29.8 Å². The van der Waals surface area contributed by atoms with Crippen LogP contribution in [0.15, 0.2) is 36.7 Å². The van der Waals surface area contributed by atoms with Gasteiger partial charge in [0, 0.05) is 25.5 Å². The number of carbonyl (C=O) groups excluding carboxylic acids is 1. The largest absolute Gasteiger partial charge is 0.493 e. The summed E-state index contributed by atoms with van der Waals surface area (Å²) in [6.07, 6.45) is 4.03. The molecule has 1 N–H and O–H groups in total. The van der Waals surface area contributed by atoms with Gasteiger partial charge in [-0.15, -0.1) is 0 Å². The standard InChI is InChI=1S/C20H27N3O4/c1-15(27-18-7-5-4-6-17(18)26-3)19(24)22-11-8-20(25,9-12-22)14-23-13-10-21-16(23)2/h4-7,10,13,15,25H,8-9,11-12,14H2,1-3H3. The normalized spacial score (nSPS) is 17.4. The number of benzene rings is 1. The van der Waals surface area contributed by atoms with Crippen LogP contribution in [0.5, 0.6) is 11.5 Å². The van der Waals surface area contributed by atoms with Crippen molar-refractivity contribution in [2.24, 2.45) is 0 Å². The number of amides is 1. The third-order valence-corrected chi connectivity index (χ3v) is 5.11. The molecule has 146 valence electrons. The summed E-state index contributed by atoms with van der Waals surface area (Å²) in [6, 6.07) is 7.27. The maximum atomic E-state index is 12.7. The highest BCUT2D eigenvalue weighted by atomic mass is 16.5. The molecule has 0 bridgehead atoms. The maximum Gasteiger partial charge on any atom is 0.263 e. The molecule has 2 heterocycles. The predicted octanol–water partition coefficient (Wildman–Crippen LogP) is 2.02. The Hall–Kier alpha value is -2.54. The lowest BCUT2D eigenvalue weighted by molar-refractivity contribution is -0.142. The van der Waals surface area contributed by atoms with Gasteiger partial charge < -0.3 is 24.0 Å². The lowest BCUT2D eigenvalue weighted by Crippen LogP contribution is -2.51. The van der Waals surface area contributed by atoms with E-state index in [0.29, 0.717) is 44.0 Å². The highest BCUT2D eigenvalue weighted by Crippen LogP contribution is 2.28. The number of piperidine rings is 1. The first-order valence-corrected chi connectivity index (χ1v) is 9.20. The van der Waals surface area contributed by atoms with Crippen molar-refractivity contribution in [1.82, 2.24) is 14.5 Å². The number of nitrogens with zero attached hydrogens (tertiary/aromatic N) is 3. The van der Waals surface area contributed by atoms with E-state index in [1.54, 1.807) is 37.3 Å². The molecule has 0 saturated carbocycles. The summed E-state index contributed by atoms with van der Waals surface area (Å²) in [7, 11) is 1.57. The molecule has 1 fully saturated rings. The lowest BCUT2D eigenvalue weighted by Gasteiger charge is -2.39. The topological polar surface area (TPSA) is 76.8 Å². The number of hydrogen-bond acceptors (Lipinski definition) is 5. The Kier molecular flexibility index (Phi) is 5.70. The smallest absolute Gasteiger partial charge is 0.263 e. The lowest BCUT2D eigenvalue weighted by atomic mass is 9.91. The number of aromatic nitrogens is 2. The molecular formula is C20H27N3O4. The number of aryl methyl sites for hydroxylation is 1. The highest BCUT2D eigenvalue weighted by molar-refractivity contribution is 5.81. The van der Waals surface area contributed by atoms with Gasteiger partial charge in [-0.05, 0) is 38.8 Å². The Morgan fingerprint density at radius 2 is 1.96 bits per heavy atom. The average molecular weight is 373 g/mol. The van der Waals surface area contributed by atoms with Crippen molar-refractivity contribution in [3.63, 3.8) is 0 Å². The molecule has 1 amide bonds. The molecule has 0 spiro atoms. The number of aliphatic hydroxyl groups is 1. The first kappa shape index (κ1) is 19.2. The number of methoxy groups -OCH3 is 1. The second-order valence-electron chi connectivity index (χ2n) is 7.06. The zero-order valence-corrected chi connectivity index (χ0v) is 16.1. The number of hydrogen-bond donors (Lipinski definition) is 1. The van der Waals surface area contributed by atoms with E-state index in [-0.39, 0.29) is 5.91 Å². The van der Waals surface area contributed by atoms with Crippen LogP contribution in [0.4, 0.5) is 0 Å². The van der Waals surface area contributed by atoms with Gasteiger partial charge >= 0.3 is 0 Å². The molecule has 1 atom stereocenters. The van der Waals surface area contributed by atoms with Crippen LogP contribution in [0.1, 0.15) is 25.6 Å². The fourth-order valence-electron chi connectivity index (χ4n) is 3.40. The van der Waals surface area contributed by atoms with Crippen LogP contribution in [0.3, 0.4) is 0 Å². The number of carbonyl (C=O) groups is 1. The second-order valence-corrected chi connectivity index (χ2v) is 7.06. The van der Waals surface area contributed by atoms with Crippen molar-refractivity contribution >= 4 is 5.91 Å². The fraction of sp³-hybridized carbons (Fsp3) is 0.500. The summed E-state index contributed by atoms with van der Waals surface area (Å²) < 4.78 is 13.0. The SMILES string of the molecule is COc1ccccc1OC(C)C(=O)N1CCC(O)(Cn2ccnc2C)CC1. The molecule has 1 unspecified atom stereocenters. The van der Waals surface area contributed by atoms with Crippen LogP contribution in [-0.2, 0) is 11.3 Å². The van der Waals surface area contributed by atoms with Gasteiger partial charge in [0.05, 0.1) is 19.3 Å². The number of rotatable bonds is 6. The quantitative estimate of drug-likeness (QED) is 0.838. The van der Waals surface area contributed by atoms with Crippen LogP contribution in [0.2, 0.25) is 0 Å². The van der Waals surface area contributed by atoms with E-state index in [9.17, 15) is 9.90 Å². The number of ether oxygens (including phenoxy) is 2. The molecule has 1 saturated heterocycles. The molecule has 7 nitrogen and oxygen atoms in total. The first-order chi connectivity index (χ1) is 12.9. The van der Waals surface area contributed by atoms with E-state index in [0.717, 1.165) is 5.82 Å². The molecule has 1 aromatic heterocycles. The molecule has 7 heteroatoms. The molecule has 0 aliphatic carbocycles. The monoisotopic (exact) mass is 373 g/mol. The van der Waals surface area contributed by atoms with Gasteiger partial charge in [-0.2, -0.15) is 0 Å². The van der Waals surface area contributed by atoms with Gasteiger partial charge in [-0.3, -0.25) is 4.79 Å². The van der Waals surface area contributed by atoms with E-state index in [2.05, 4.69) is 4.98 Å². The maximum absolute atomic E-state index is 12.7. The number of likely N-dealkylation sites (tertiary alicyclic amines) is 1. The second kappa shape index (κ2) is 8.00. The van der Waals surface area contributed by atoms with Crippen molar-refractivity contribution in [3.05, 3.63) is 42.5 Å². The van der Waals surface area contributed by atoms with Crippen LogP contribution in [0.25, 0.3) is 0 Å². The predicted molar refractivity (Wildman–Crippen MR) is 101 cm³/mol. The molecule has 1 aromatic carbocycles. The van der Waals surface area contributed by atoms with Crippen molar-refractivity contribution in [2.75, 3.05) is 20.2 Å². The Morgan fingerprint density at radius 1 is 1.30 bits per heavy atom.